The van der Waals surface area contributed by atoms with Gasteiger partial charge in [0.1, 0.15) is 11.6 Å². The molecule has 1 amide bonds. The van der Waals surface area contributed by atoms with Crippen LogP contribution in [0.3, 0.4) is 0 Å². The number of hydrogen-bond donors (Lipinski definition) is 1. The SMILES string of the molecule is CC#CC(=O)N1CCCCC1c1cc(Nc2ncc(C)s2)nc(C)n1. The monoisotopic (exact) mass is 355 g/mol. The van der Waals surface area contributed by atoms with Crippen molar-refractivity contribution in [2.24, 2.45) is 0 Å². The van der Waals surface area contributed by atoms with E-state index in [4.69, 9.17) is 0 Å². The van der Waals surface area contributed by atoms with Gasteiger partial charge in [-0.3, -0.25) is 4.79 Å². The second kappa shape index (κ2) is 7.62. The van der Waals surface area contributed by atoms with Gasteiger partial charge in [-0.05, 0) is 46.0 Å². The third-order valence-electron chi connectivity index (χ3n) is 4.05. The predicted molar refractivity (Wildman–Crippen MR) is 98.7 cm³/mol. The first kappa shape index (κ1) is 17.4. The Balaban J connectivity index is 1.89. The summed E-state index contributed by atoms with van der Waals surface area (Å²) >= 11 is 1.58. The number of aryl methyl sites for hydroxylation is 2. The molecule has 7 heteroatoms. The molecule has 1 fully saturated rings. The quantitative estimate of drug-likeness (QED) is 0.855. The molecule has 3 rings (SSSR count). The first-order chi connectivity index (χ1) is 12.1. The summed E-state index contributed by atoms with van der Waals surface area (Å²) in [4.78, 5) is 28.7. The molecular weight excluding hydrogens is 334 g/mol. The highest BCUT2D eigenvalue weighted by Crippen LogP contribution is 2.31. The minimum Gasteiger partial charge on any atom is -0.323 e. The zero-order chi connectivity index (χ0) is 17.8. The van der Waals surface area contributed by atoms with Gasteiger partial charge in [-0.15, -0.1) is 11.3 Å². The summed E-state index contributed by atoms with van der Waals surface area (Å²) < 4.78 is 0. The first-order valence-electron chi connectivity index (χ1n) is 8.35. The van der Waals surface area contributed by atoms with Crippen LogP contribution in [0.2, 0.25) is 0 Å². The molecule has 0 aliphatic carbocycles. The van der Waals surface area contributed by atoms with Gasteiger partial charge in [-0.25, -0.2) is 15.0 Å². The summed E-state index contributed by atoms with van der Waals surface area (Å²) in [7, 11) is 0. The summed E-state index contributed by atoms with van der Waals surface area (Å²) in [6.07, 6.45) is 4.79. The Morgan fingerprint density at radius 1 is 1.36 bits per heavy atom. The van der Waals surface area contributed by atoms with Crippen LogP contribution < -0.4 is 5.32 Å². The fourth-order valence-corrected chi connectivity index (χ4v) is 3.68. The molecule has 1 N–H and O–H groups in total. The van der Waals surface area contributed by atoms with Gasteiger partial charge in [0.2, 0.25) is 0 Å². The molecule has 1 aliphatic heterocycles. The highest BCUT2D eigenvalue weighted by Gasteiger charge is 2.28. The van der Waals surface area contributed by atoms with Gasteiger partial charge in [0.15, 0.2) is 5.13 Å². The van der Waals surface area contributed by atoms with Crippen LogP contribution in [0.25, 0.3) is 0 Å². The van der Waals surface area contributed by atoms with Crippen LogP contribution >= 0.6 is 11.3 Å². The van der Waals surface area contributed by atoms with E-state index in [-0.39, 0.29) is 11.9 Å². The van der Waals surface area contributed by atoms with E-state index < -0.39 is 0 Å². The standard InChI is InChI=1S/C18H21N5OS/c1-4-7-17(24)23-9-6-5-8-15(23)14-10-16(21-13(3)20-14)22-18-19-11-12(2)25-18/h10-11,15H,5-6,8-9H2,1-3H3,(H,19,20,21,22). The molecule has 3 heterocycles. The number of aromatic nitrogens is 3. The lowest BCUT2D eigenvalue weighted by Crippen LogP contribution is -2.38. The number of nitrogens with zero attached hydrogens (tertiary/aromatic N) is 4. The maximum atomic E-state index is 12.3. The van der Waals surface area contributed by atoms with E-state index in [1.807, 2.05) is 31.0 Å². The molecular formula is C18H21N5OS. The lowest BCUT2D eigenvalue weighted by Gasteiger charge is -2.34. The number of likely N-dealkylation sites (tertiary alicyclic amines) is 1. The summed E-state index contributed by atoms with van der Waals surface area (Å²) in [6.45, 7) is 6.28. The molecule has 1 saturated heterocycles. The zero-order valence-electron chi connectivity index (χ0n) is 14.7. The van der Waals surface area contributed by atoms with E-state index in [1.54, 1.807) is 18.3 Å². The lowest BCUT2D eigenvalue weighted by molar-refractivity contribution is -0.128. The van der Waals surface area contributed by atoms with Gasteiger partial charge in [-0.2, -0.15) is 0 Å². The van der Waals surface area contributed by atoms with Gasteiger partial charge >= 0.3 is 0 Å². The zero-order valence-corrected chi connectivity index (χ0v) is 15.5. The Labute approximate surface area is 151 Å². The average molecular weight is 355 g/mol. The molecule has 1 atom stereocenters. The summed E-state index contributed by atoms with van der Waals surface area (Å²) in [5.41, 5.74) is 0.856. The van der Waals surface area contributed by atoms with E-state index in [1.165, 1.54) is 0 Å². The van der Waals surface area contributed by atoms with Crippen molar-refractivity contribution < 1.29 is 4.79 Å². The summed E-state index contributed by atoms with van der Waals surface area (Å²) in [6, 6.07) is 1.86. The van der Waals surface area contributed by atoms with Gasteiger partial charge < -0.3 is 10.2 Å². The number of rotatable bonds is 3. The van der Waals surface area contributed by atoms with Crippen LogP contribution in [-0.2, 0) is 4.79 Å². The summed E-state index contributed by atoms with van der Waals surface area (Å²) in [5.74, 6) is 6.61. The molecule has 0 spiro atoms. The van der Waals surface area contributed by atoms with Crippen molar-refractivity contribution in [2.45, 2.75) is 46.1 Å². The van der Waals surface area contributed by atoms with E-state index >= 15 is 0 Å². The molecule has 0 radical (unpaired) electrons. The number of thiazole rings is 1. The number of carbonyl (C=O) groups excluding carboxylic acids is 1. The van der Waals surface area contributed by atoms with Crippen molar-refractivity contribution in [3.05, 3.63) is 28.7 Å². The Hall–Kier alpha value is -2.46. The molecule has 0 aromatic carbocycles. The maximum Gasteiger partial charge on any atom is 0.299 e. The predicted octanol–water partition coefficient (Wildman–Crippen LogP) is 3.37. The molecule has 130 valence electrons. The average Bonchev–Trinajstić information content (AvgIpc) is 2.99. The van der Waals surface area contributed by atoms with Crippen molar-refractivity contribution in [1.82, 2.24) is 19.9 Å². The highest BCUT2D eigenvalue weighted by atomic mass is 32.1. The molecule has 0 saturated carbocycles. The fraction of sp³-hybridized carbons (Fsp3) is 0.444. The fourth-order valence-electron chi connectivity index (χ4n) is 3.01. The Kier molecular flexibility index (Phi) is 5.29. The number of amides is 1. The molecule has 2 aromatic rings. The smallest absolute Gasteiger partial charge is 0.299 e. The number of piperidine rings is 1. The van der Waals surface area contributed by atoms with Crippen molar-refractivity contribution in [1.29, 1.82) is 0 Å². The van der Waals surface area contributed by atoms with Crippen LogP contribution in [-0.4, -0.2) is 32.3 Å². The van der Waals surface area contributed by atoms with Gasteiger partial charge in [0, 0.05) is 23.7 Å². The normalized spacial score (nSPS) is 16.9. The Morgan fingerprint density at radius 3 is 2.92 bits per heavy atom. The minimum absolute atomic E-state index is 0.0534. The van der Waals surface area contributed by atoms with E-state index in [9.17, 15) is 4.79 Å². The first-order valence-corrected chi connectivity index (χ1v) is 9.17. The second-order valence-electron chi connectivity index (χ2n) is 6.01. The Morgan fingerprint density at radius 2 is 2.20 bits per heavy atom. The minimum atomic E-state index is -0.131. The number of hydrogen-bond acceptors (Lipinski definition) is 6. The van der Waals surface area contributed by atoms with Crippen LogP contribution in [0.1, 0.15) is 48.6 Å². The van der Waals surface area contributed by atoms with Crippen molar-refractivity contribution in [3.63, 3.8) is 0 Å². The third-order valence-corrected chi connectivity index (χ3v) is 4.88. The van der Waals surface area contributed by atoms with Crippen LogP contribution in [0.5, 0.6) is 0 Å². The van der Waals surface area contributed by atoms with Gasteiger partial charge in [0.25, 0.3) is 5.91 Å². The highest BCUT2D eigenvalue weighted by molar-refractivity contribution is 7.15. The van der Waals surface area contributed by atoms with E-state index in [0.717, 1.165) is 41.5 Å². The molecule has 0 bridgehead atoms. The van der Waals surface area contributed by atoms with Crippen molar-refractivity contribution >= 4 is 28.2 Å². The Bertz CT molecular complexity index is 835. The summed E-state index contributed by atoms with van der Waals surface area (Å²) in [5, 5.41) is 4.04. The molecule has 25 heavy (non-hydrogen) atoms. The topological polar surface area (TPSA) is 71.0 Å². The van der Waals surface area contributed by atoms with E-state index in [0.29, 0.717) is 11.6 Å². The largest absolute Gasteiger partial charge is 0.323 e. The molecule has 1 aliphatic rings. The van der Waals surface area contributed by atoms with Crippen LogP contribution in [0, 0.1) is 25.7 Å². The van der Waals surface area contributed by atoms with Crippen LogP contribution in [0.15, 0.2) is 12.3 Å². The number of carbonyl (C=O) groups is 1. The van der Waals surface area contributed by atoms with Crippen LogP contribution in [0.4, 0.5) is 10.9 Å². The third kappa shape index (κ3) is 4.15. The number of nitrogens with one attached hydrogen (secondary N) is 1. The van der Waals surface area contributed by atoms with Crippen molar-refractivity contribution in [3.8, 4) is 11.8 Å². The molecule has 2 aromatic heterocycles. The lowest BCUT2D eigenvalue weighted by atomic mass is 9.98. The van der Waals surface area contributed by atoms with E-state index in [2.05, 4.69) is 32.1 Å². The van der Waals surface area contributed by atoms with Gasteiger partial charge in [-0.1, -0.05) is 5.92 Å². The molecule has 1 unspecified atom stereocenters. The van der Waals surface area contributed by atoms with Crippen molar-refractivity contribution in [2.75, 3.05) is 11.9 Å². The van der Waals surface area contributed by atoms with Gasteiger partial charge in [0.05, 0.1) is 11.7 Å². The molecule has 6 nitrogen and oxygen atoms in total. The number of anilines is 2. The maximum absolute atomic E-state index is 12.3. The second-order valence-corrected chi connectivity index (χ2v) is 7.25.